The maximum absolute atomic E-state index is 11.3. The maximum atomic E-state index is 11.3. The van der Waals surface area contributed by atoms with Crippen LogP contribution in [-0.2, 0) is 12.8 Å². The van der Waals surface area contributed by atoms with Gasteiger partial charge in [0.2, 0.25) is 0 Å². The van der Waals surface area contributed by atoms with Gasteiger partial charge in [0.05, 0.1) is 5.56 Å². The van der Waals surface area contributed by atoms with Gasteiger partial charge in [0, 0.05) is 6.42 Å². The van der Waals surface area contributed by atoms with Gasteiger partial charge in [0.15, 0.2) is 0 Å². The molecule has 2 rings (SSSR count). The van der Waals surface area contributed by atoms with Gasteiger partial charge in [0.25, 0.3) is 10.4 Å². The molecule has 1 aromatic rings. The van der Waals surface area contributed by atoms with Crippen LogP contribution in [0.5, 0.6) is 0 Å². The van der Waals surface area contributed by atoms with Crippen LogP contribution in [0.25, 0.3) is 0 Å². The van der Waals surface area contributed by atoms with Gasteiger partial charge in [-0.1, -0.05) is 0 Å². The summed E-state index contributed by atoms with van der Waals surface area (Å²) in [4.78, 5) is 14.0. The lowest BCUT2D eigenvalue weighted by molar-refractivity contribution is 0.422. The molecule has 0 radical (unpaired) electrons. The van der Waals surface area contributed by atoms with Crippen LogP contribution in [0.2, 0.25) is 0 Å². The summed E-state index contributed by atoms with van der Waals surface area (Å²) in [6.45, 7) is 0. The van der Waals surface area contributed by atoms with Gasteiger partial charge >= 0.3 is 0 Å². The summed E-state index contributed by atoms with van der Waals surface area (Å²) >= 11 is 4.76. The number of H-pyrrole nitrogens is 1. The maximum Gasteiger partial charge on any atom is 0.268 e. The molecule has 0 aliphatic heterocycles. The van der Waals surface area contributed by atoms with Crippen LogP contribution in [0.4, 0.5) is 0 Å². The number of rotatable bonds is 0. The van der Waals surface area contributed by atoms with Gasteiger partial charge < -0.3 is 4.42 Å². The van der Waals surface area contributed by atoms with Crippen molar-refractivity contribution >= 4 is 12.2 Å². The minimum absolute atomic E-state index is 0.0686. The Hall–Kier alpha value is -0.900. The Morgan fingerprint density at radius 3 is 2.92 bits per heavy atom. The fraction of sp³-hybridized carbons (Fsp3) is 0.500. The fourth-order valence-electron chi connectivity index (χ4n) is 1.54. The van der Waals surface area contributed by atoms with Crippen molar-refractivity contribution in [2.24, 2.45) is 0 Å². The van der Waals surface area contributed by atoms with E-state index >= 15 is 0 Å². The summed E-state index contributed by atoms with van der Waals surface area (Å²) in [7, 11) is 0. The van der Waals surface area contributed by atoms with E-state index in [9.17, 15) is 4.79 Å². The highest BCUT2D eigenvalue weighted by atomic mass is 32.1. The van der Waals surface area contributed by atoms with Gasteiger partial charge in [-0.25, -0.2) is 0 Å². The molecular formula is C8H9NO2S. The van der Waals surface area contributed by atoms with Crippen molar-refractivity contribution in [1.82, 2.24) is 4.98 Å². The highest BCUT2D eigenvalue weighted by Gasteiger charge is 2.14. The van der Waals surface area contributed by atoms with E-state index in [2.05, 4.69) is 4.98 Å². The van der Waals surface area contributed by atoms with E-state index in [1.807, 2.05) is 0 Å². The van der Waals surface area contributed by atoms with Crippen LogP contribution in [0.15, 0.2) is 9.21 Å². The van der Waals surface area contributed by atoms with Crippen molar-refractivity contribution in [3.05, 3.63) is 26.5 Å². The Balaban J connectivity index is 2.68. The van der Waals surface area contributed by atoms with E-state index in [1.54, 1.807) is 0 Å². The number of fused-ring (bicyclic) bond motifs is 1. The smallest absolute Gasteiger partial charge is 0.268 e. The van der Waals surface area contributed by atoms with E-state index in [-0.39, 0.29) is 10.4 Å². The van der Waals surface area contributed by atoms with E-state index < -0.39 is 0 Å². The Kier molecular flexibility index (Phi) is 1.84. The van der Waals surface area contributed by atoms with Crippen LogP contribution in [0.1, 0.15) is 24.2 Å². The molecule has 0 unspecified atom stereocenters. The van der Waals surface area contributed by atoms with Crippen LogP contribution < -0.4 is 5.56 Å². The second-order valence-electron chi connectivity index (χ2n) is 2.95. The van der Waals surface area contributed by atoms with Gasteiger partial charge in [-0.3, -0.25) is 9.78 Å². The summed E-state index contributed by atoms with van der Waals surface area (Å²) < 4.78 is 5.24. The highest BCUT2D eigenvalue weighted by molar-refractivity contribution is 7.71. The van der Waals surface area contributed by atoms with Crippen molar-refractivity contribution in [3.8, 4) is 0 Å². The third-order valence-electron chi connectivity index (χ3n) is 2.12. The zero-order valence-corrected chi connectivity index (χ0v) is 7.37. The molecule has 0 amide bonds. The normalized spacial score (nSPS) is 15.7. The predicted octanol–water partition coefficient (Wildman–Crippen LogP) is 1.58. The number of hydrogen-bond acceptors (Lipinski definition) is 3. The SMILES string of the molecule is O=c1[nH]c(=S)oc2c1CCCC2. The first-order valence-corrected chi connectivity index (χ1v) is 4.43. The minimum Gasteiger partial charge on any atom is -0.436 e. The predicted molar refractivity (Wildman–Crippen MR) is 46.8 cm³/mol. The van der Waals surface area contributed by atoms with Crippen molar-refractivity contribution in [2.45, 2.75) is 25.7 Å². The average Bonchev–Trinajstić information content (AvgIpc) is 2.04. The molecule has 0 saturated carbocycles. The molecule has 12 heavy (non-hydrogen) atoms. The number of aryl methyl sites for hydroxylation is 1. The lowest BCUT2D eigenvalue weighted by Gasteiger charge is -2.11. The summed E-state index contributed by atoms with van der Waals surface area (Å²) in [5.74, 6) is 0.787. The van der Waals surface area contributed by atoms with E-state index in [1.165, 1.54) is 0 Å². The van der Waals surface area contributed by atoms with Gasteiger partial charge in [-0.15, -0.1) is 0 Å². The molecule has 0 bridgehead atoms. The molecule has 3 nitrogen and oxygen atoms in total. The molecule has 0 atom stereocenters. The Bertz CT molecular complexity index is 404. The molecule has 1 aliphatic rings. The van der Waals surface area contributed by atoms with Gasteiger partial charge in [-0.05, 0) is 31.5 Å². The first-order valence-electron chi connectivity index (χ1n) is 4.02. The molecule has 1 heterocycles. The molecule has 0 saturated heterocycles. The molecule has 0 spiro atoms. The highest BCUT2D eigenvalue weighted by Crippen LogP contribution is 2.16. The molecule has 0 aromatic carbocycles. The third-order valence-corrected chi connectivity index (χ3v) is 2.31. The van der Waals surface area contributed by atoms with Crippen LogP contribution in [0, 0.1) is 4.84 Å². The lowest BCUT2D eigenvalue weighted by atomic mass is 9.99. The fourth-order valence-corrected chi connectivity index (χ4v) is 1.73. The quantitative estimate of drug-likeness (QED) is 0.621. The topological polar surface area (TPSA) is 46.0 Å². The Labute approximate surface area is 74.4 Å². The standard InChI is InChI=1S/C8H9NO2S/c10-7-5-3-1-2-4-6(5)11-8(12)9-7/h1-4H2,(H,9,10,12). The van der Waals surface area contributed by atoms with E-state index in [0.29, 0.717) is 0 Å². The molecule has 1 N–H and O–H groups in total. The second kappa shape index (κ2) is 2.86. The number of hydrogen-bond donors (Lipinski definition) is 1. The molecule has 0 fully saturated rings. The zero-order chi connectivity index (χ0) is 8.55. The van der Waals surface area contributed by atoms with Crippen molar-refractivity contribution in [1.29, 1.82) is 0 Å². The lowest BCUT2D eigenvalue weighted by Crippen LogP contribution is -2.18. The van der Waals surface area contributed by atoms with Crippen molar-refractivity contribution < 1.29 is 4.42 Å². The van der Waals surface area contributed by atoms with Gasteiger partial charge in [0.1, 0.15) is 5.76 Å². The largest absolute Gasteiger partial charge is 0.436 e. The molecule has 1 aliphatic carbocycles. The van der Waals surface area contributed by atoms with Crippen molar-refractivity contribution in [2.75, 3.05) is 0 Å². The number of aromatic nitrogens is 1. The van der Waals surface area contributed by atoms with Crippen LogP contribution in [-0.4, -0.2) is 4.98 Å². The third kappa shape index (κ3) is 1.22. The Morgan fingerprint density at radius 1 is 1.33 bits per heavy atom. The summed E-state index contributed by atoms with van der Waals surface area (Å²) in [6, 6.07) is 0. The molecule has 1 aromatic heterocycles. The summed E-state index contributed by atoms with van der Waals surface area (Å²) in [5, 5.41) is 0. The minimum atomic E-state index is -0.0686. The van der Waals surface area contributed by atoms with Gasteiger partial charge in [-0.2, -0.15) is 0 Å². The molecule has 64 valence electrons. The molecular weight excluding hydrogens is 174 g/mol. The van der Waals surface area contributed by atoms with Crippen LogP contribution >= 0.6 is 12.2 Å². The van der Waals surface area contributed by atoms with E-state index in [4.69, 9.17) is 16.6 Å². The van der Waals surface area contributed by atoms with E-state index in [0.717, 1.165) is 37.0 Å². The average molecular weight is 183 g/mol. The summed E-state index contributed by atoms with van der Waals surface area (Å²) in [5.41, 5.74) is 0.718. The first kappa shape index (κ1) is 7.73. The first-order chi connectivity index (χ1) is 5.77. The monoisotopic (exact) mass is 183 g/mol. The second-order valence-corrected chi connectivity index (χ2v) is 3.32. The number of aromatic amines is 1. The Morgan fingerprint density at radius 2 is 2.08 bits per heavy atom. The van der Waals surface area contributed by atoms with Crippen LogP contribution in [0.3, 0.4) is 0 Å². The van der Waals surface area contributed by atoms with Crippen molar-refractivity contribution in [3.63, 3.8) is 0 Å². The zero-order valence-electron chi connectivity index (χ0n) is 6.55. The molecule has 4 heteroatoms. The summed E-state index contributed by atoms with van der Waals surface area (Å²) in [6.07, 6.45) is 3.84. The number of nitrogens with one attached hydrogen (secondary N) is 1.